The van der Waals surface area contributed by atoms with Crippen molar-refractivity contribution in [3.63, 3.8) is 0 Å². The number of hydrogen-bond donors (Lipinski definition) is 2. The van der Waals surface area contributed by atoms with E-state index < -0.39 is 30.6 Å². The zero-order valence-electron chi connectivity index (χ0n) is 12.8. The molecule has 0 aromatic heterocycles. The van der Waals surface area contributed by atoms with Crippen LogP contribution in [0.1, 0.15) is 11.1 Å². The first-order valence-electron chi connectivity index (χ1n) is 6.75. The van der Waals surface area contributed by atoms with E-state index in [2.05, 4.69) is 4.72 Å². The lowest BCUT2D eigenvalue weighted by atomic mass is 10.2. The maximum absolute atomic E-state index is 12.3. The number of nitrogens with zero attached hydrogens (tertiary/aromatic N) is 1. The van der Waals surface area contributed by atoms with Gasteiger partial charge in [0.15, 0.2) is 0 Å². The van der Waals surface area contributed by atoms with Gasteiger partial charge >= 0.3 is 0 Å². The monoisotopic (exact) mass is 431 g/mol. The molecule has 26 heavy (non-hydrogen) atoms. The van der Waals surface area contributed by atoms with Crippen LogP contribution in [0, 0.1) is 11.3 Å². The molecule has 0 saturated heterocycles. The van der Waals surface area contributed by atoms with Gasteiger partial charge in [-0.15, -0.1) is 0 Å². The molecule has 7 nitrogen and oxygen atoms in total. The van der Waals surface area contributed by atoms with E-state index in [1.807, 2.05) is 0 Å². The van der Waals surface area contributed by atoms with Crippen LogP contribution in [0.3, 0.4) is 0 Å². The van der Waals surface area contributed by atoms with Crippen molar-refractivity contribution < 1.29 is 16.8 Å². The number of hydrogen-bond acceptors (Lipinski definition) is 5. The van der Waals surface area contributed by atoms with E-state index in [4.69, 9.17) is 33.6 Å². The van der Waals surface area contributed by atoms with Crippen molar-refractivity contribution in [2.24, 2.45) is 5.14 Å². The third-order valence-electron chi connectivity index (χ3n) is 3.08. The number of nitriles is 1. The van der Waals surface area contributed by atoms with Gasteiger partial charge in [0.25, 0.3) is 10.0 Å². The van der Waals surface area contributed by atoms with Crippen LogP contribution in [0.25, 0.3) is 6.08 Å². The first-order valence-corrected chi connectivity index (χ1v) is 10.6. The molecule has 0 aliphatic rings. The van der Waals surface area contributed by atoms with Gasteiger partial charge in [-0.25, -0.2) is 22.0 Å². The summed E-state index contributed by atoms with van der Waals surface area (Å²) < 4.78 is 49.9. The topological polar surface area (TPSA) is 130 Å². The van der Waals surface area contributed by atoms with Gasteiger partial charge in [0.1, 0.15) is 11.0 Å². The zero-order chi connectivity index (χ0) is 19.5. The summed E-state index contributed by atoms with van der Waals surface area (Å²) in [5.74, 6) is 0. The third-order valence-corrected chi connectivity index (χ3v) is 5.76. The van der Waals surface area contributed by atoms with Gasteiger partial charge in [0, 0.05) is 0 Å². The Morgan fingerprint density at radius 3 is 2.35 bits per heavy atom. The molecule has 0 fully saturated rings. The van der Waals surface area contributed by atoms with Gasteiger partial charge < -0.3 is 0 Å². The second-order valence-electron chi connectivity index (χ2n) is 4.96. The summed E-state index contributed by atoms with van der Waals surface area (Å²) in [6, 6.07) is 9.84. The Balaban J connectivity index is 2.42. The van der Waals surface area contributed by atoms with Crippen LogP contribution in [-0.2, 0) is 20.0 Å². The van der Waals surface area contributed by atoms with E-state index in [0.29, 0.717) is 10.6 Å². The summed E-state index contributed by atoms with van der Waals surface area (Å²) in [6.07, 6.45) is 1.23. The first kappa shape index (κ1) is 20.2. The second kappa shape index (κ2) is 7.65. The Morgan fingerprint density at radius 1 is 1.08 bits per heavy atom. The second-order valence-corrected chi connectivity index (χ2v) is 8.87. The molecule has 0 amide bonds. The number of primary sulfonamides is 1. The van der Waals surface area contributed by atoms with Gasteiger partial charge in [-0.3, -0.25) is 4.72 Å². The molecule has 3 N–H and O–H groups in total. The van der Waals surface area contributed by atoms with Gasteiger partial charge in [-0.1, -0.05) is 35.3 Å². The number of benzene rings is 2. The third kappa shape index (κ3) is 4.97. The average molecular weight is 432 g/mol. The van der Waals surface area contributed by atoms with Gasteiger partial charge in [-0.05, 0) is 35.9 Å². The fourth-order valence-electron chi connectivity index (χ4n) is 1.93. The summed E-state index contributed by atoms with van der Waals surface area (Å²) in [7, 11) is -8.40. The molecule has 0 heterocycles. The van der Waals surface area contributed by atoms with Crippen molar-refractivity contribution >= 4 is 55.0 Å². The van der Waals surface area contributed by atoms with Crippen LogP contribution in [0.4, 0.5) is 5.69 Å². The van der Waals surface area contributed by atoms with Crippen LogP contribution in [0.5, 0.6) is 0 Å². The fourth-order valence-corrected chi connectivity index (χ4v) is 3.92. The Kier molecular flexibility index (Phi) is 5.95. The molecule has 0 saturated carbocycles. The molecule has 11 heteroatoms. The predicted octanol–water partition coefficient (Wildman–Crippen LogP) is 2.93. The summed E-state index contributed by atoms with van der Waals surface area (Å²) >= 11 is 11.6. The molecular weight excluding hydrogens is 421 g/mol. The molecule has 0 unspecified atom stereocenters. The molecule has 0 aliphatic carbocycles. The fraction of sp³-hybridized carbons (Fsp3) is 0. The van der Waals surface area contributed by atoms with E-state index in [1.54, 1.807) is 12.1 Å². The van der Waals surface area contributed by atoms with E-state index in [9.17, 15) is 16.8 Å². The highest BCUT2D eigenvalue weighted by Crippen LogP contribution is 2.26. The Morgan fingerprint density at radius 2 is 1.77 bits per heavy atom. The maximum atomic E-state index is 12.3. The molecule has 0 atom stereocenters. The Bertz CT molecular complexity index is 1140. The molecular formula is C15H11Cl2N3O4S2. The van der Waals surface area contributed by atoms with Gasteiger partial charge in [0.2, 0.25) is 10.0 Å². The summed E-state index contributed by atoms with van der Waals surface area (Å²) in [4.78, 5) is -0.511. The van der Waals surface area contributed by atoms with E-state index in [0.717, 1.165) is 11.5 Å². The normalized spacial score (nSPS) is 12.1. The maximum Gasteiger partial charge on any atom is 0.255 e. The number of nitrogens with two attached hydrogens (primary N) is 1. The number of halogens is 2. The molecule has 2 rings (SSSR count). The lowest BCUT2D eigenvalue weighted by molar-refractivity contribution is 0.598. The average Bonchev–Trinajstić information content (AvgIpc) is 2.55. The van der Waals surface area contributed by atoms with Crippen molar-refractivity contribution in [1.29, 1.82) is 5.26 Å². The molecule has 2 aromatic rings. The number of sulfonamides is 2. The molecule has 0 spiro atoms. The van der Waals surface area contributed by atoms with E-state index >= 15 is 0 Å². The van der Waals surface area contributed by atoms with Crippen LogP contribution in [-0.4, -0.2) is 16.8 Å². The molecule has 136 valence electrons. The van der Waals surface area contributed by atoms with Crippen LogP contribution < -0.4 is 9.86 Å². The molecule has 2 aromatic carbocycles. The van der Waals surface area contributed by atoms with E-state index in [-0.39, 0.29) is 10.6 Å². The van der Waals surface area contributed by atoms with Crippen LogP contribution in [0.2, 0.25) is 10.0 Å². The summed E-state index contributed by atoms with van der Waals surface area (Å²) in [5, 5.41) is 15.5. The van der Waals surface area contributed by atoms with Crippen molar-refractivity contribution in [2.75, 3.05) is 4.72 Å². The highest BCUT2D eigenvalue weighted by molar-refractivity contribution is 7.95. The minimum Gasteiger partial charge on any atom is -0.277 e. The largest absolute Gasteiger partial charge is 0.277 e. The number of para-hydroxylation sites is 1. The Labute approximate surface area is 160 Å². The molecule has 0 bridgehead atoms. The highest BCUT2D eigenvalue weighted by atomic mass is 35.5. The first-order chi connectivity index (χ1) is 12.0. The highest BCUT2D eigenvalue weighted by Gasteiger charge is 2.20. The number of anilines is 1. The number of rotatable bonds is 5. The van der Waals surface area contributed by atoms with Crippen LogP contribution in [0.15, 0.2) is 46.7 Å². The van der Waals surface area contributed by atoms with Crippen molar-refractivity contribution in [3.8, 4) is 6.07 Å². The minimum atomic E-state index is -4.25. The van der Waals surface area contributed by atoms with Crippen molar-refractivity contribution in [3.05, 3.63) is 63.0 Å². The predicted molar refractivity (Wildman–Crippen MR) is 101 cm³/mol. The Hall–Kier alpha value is -2.09. The lowest BCUT2D eigenvalue weighted by Gasteiger charge is -2.11. The zero-order valence-corrected chi connectivity index (χ0v) is 16.0. The quantitative estimate of drug-likeness (QED) is 0.750. The van der Waals surface area contributed by atoms with E-state index in [1.165, 1.54) is 30.3 Å². The standard InChI is InChI=1S/C15H11Cl2N3O4S2/c16-12-5-4-10(8-13(12)17)6-7-25(21,22)20-15-11(9-18)2-1-3-14(15)26(19,23)24/h1-8,20H,(H2,19,23,24). The van der Waals surface area contributed by atoms with Crippen molar-refractivity contribution in [2.45, 2.75) is 4.90 Å². The number of nitrogens with one attached hydrogen (secondary N) is 1. The van der Waals surface area contributed by atoms with Gasteiger partial charge in [0.05, 0.1) is 26.7 Å². The smallest absolute Gasteiger partial charge is 0.255 e. The van der Waals surface area contributed by atoms with Crippen molar-refractivity contribution in [1.82, 2.24) is 0 Å². The van der Waals surface area contributed by atoms with Gasteiger partial charge in [-0.2, -0.15) is 5.26 Å². The molecule has 0 radical (unpaired) electrons. The summed E-state index contributed by atoms with van der Waals surface area (Å²) in [5.41, 5.74) is -0.163. The SMILES string of the molecule is N#Cc1cccc(S(N)(=O)=O)c1NS(=O)(=O)C=Cc1ccc(Cl)c(Cl)c1. The lowest BCUT2D eigenvalue weighted by Crippen LogP contribution is -2.18. The van der Waals surface area contributed by atoms with Crippen LogP contribution >= 0.6 is 23.2 Å². The summed E-state index contributed by atoms with van der Waals surface area (Å²) in [6.45, 7) is 0. The molecule has 0 aliphatic heterocycles. The minimum absolute atomic E-state index is 0.192.